The molecule has 0 atom stereocenters. The number of halogens is 2. The highest BCUT2D eigenvalue weighted by atomic mass is 35.5. The number of fused-ring (bicyclic) bond motifs is 8. The third kappa shape index (κ3) is 7.64. The van der Waals surface area contributed by atoms with Gasteiger partial charge in [0.15, 0.2) is 0 Å². The van der Waals surface area contributed by atoms with Crippen LogP contribution in [0.2, 0.25) is 10.0 Å². The summed E-state index contributed by atoms with van der Waals surface area (Å²) in [4.78, 5) is 19.3. The maximum Gasteiger partial charge on any atom is 0.0903 e. The Kier molecular flexibility index (Phi) is 13.2. The zero-order valence-electron chi connectivity index (χ0n) is 35.9. The number of aromatic nitrogens is 4. The number of nitrogens with zero attached hydrogens (tertiary/aromatic N) is 2. The van der Waals surface area contributed by atoms with E-state index in [1.54, 1.807) is 0 Å². The molecular weight excluding hydrogens is 752 g/mol. The largest absolute Gasteiger partial charge is 0.353 e. The molecule has 5 aromatic rings. The van der Waals surface area contributed by atoms with Crippen molar-refractivity contribution in [1.29, 1.82) is 0 Å². The molecule has 3 aromatic heterocycles. The van der Waals surface area contributed by atoms with Crippen LogP contribution in [0.15, 0.2) is 60.7 Å². The fourth-order valence-corrected chi connectivity index (χ4v) is 9.69. The molecule has 5 heterocycles. The Hall–Kier alpha value is -4.38. The predicted octanol–water partition coefficient (Wildman–Crippen LogP) is 16.5. The van der Waals surface area contributed by atoms with Crippen molar-refractivity contribution in [3.05, 3.63) is 116 Å². The molecule has 302 valence electrons. The lowest BCUT2D eigenvalue weighted by atomic mass is 9.92. The zero-order valence-corrected chi connectivity index (χ0v) is 37.4. The monoisotopic (exact) mass is 810 g/mol. The molecule has 2 aromatic carbocycles. The van der Waals surface area contributed by atoms with E-state index in [1.807, 2.05) is 0 Å². The molecule has 2 aliphatic heterocycles. The van der Waals surface area contributed by atoms with Crippen molar-refractivity contribution < 1.29 is 0 Å². The van der Waals surface area contributed by atoms with Gasteiger partial charge in [-0.1, -0.05) is 137 Å². The molecule has 4 nitrogen and oxygen atoms in total. The lowest BCUT2D eigenvalue weighted by Gasteiger charge is -2.10. The van der Waals surface area contributed by atoms with Gasteiger partial charge in [0.2, 0.25) is 0 Å². The summed E-state index contributed by atoms with van der Waals surface area (Å²) < 4.78 is 0. The summed E-state index contributed by atoms with van der Waals surface area (Å²) in [6.07, 6.45) is 12.2. The Morgan fingerprint density at radius 2 is 0.810 bits per heavy atom. The molecule has 0 amide bonds. The molecule has 0 unspecified atom stereocenters. The van der Waals surface area contributed by atoms with Crippen molar-refractivity contribution in [3.8, 4) is 22.3 Å². The summed E-state index contributed by atoms with van der Waals surface area (Å²) in [7, 11) is 0. The predicted molar refractivity (Wildman–Crippen MR) is 253 cm³/mol. The van der Waals surface area contributed by atoms with Gasteiger partial charge in [-0.05, 0) is 135 Å². The van der Waals surface area contributed by atoms with E-state index in [9.17, 15) is 0 Å². The van der Waals surface area contributed by atoms with Crippen molar-refractivity contribution in [2.45, 2.75) is 132 Å². The molecule has 6 heteroatoms. The molecule has 58 heavy (non-hydrogen) atoms. The van der Waals surface area contributed by atoms with Crippen LogP contribution in [-0.2, 0) is 12.8 Å². The van der Waals surface area contributed by atoms with Crippen molar-refractivity contribution in [1.82, 2.24) is 19.9 Å². The first kappa shape index (κ1) is 41.8. The number of benzene rings is 2. The minimum atomic E-state index is 0.688. The first-order chi connectivity index (χ1) is 28.2. The number of unbranched alkanes of at least 4 members (excludes halogenated alkanes) is 4. The first-order valence-corrected chi connectivity index (χ1v) is 22.6. The molecular formula is C52H60Cl2N4. The number of aromatic amines is 2. The SMILES string of the molecule is CCCCC1=C(C)c2nc1c(Cl)c1[nH]c(c(C)c1CCCC)c(-c1ccccc1)c1[nH]c(c(Cl)c3nc(c2-c2ccccc2)C(C)=C3CCCC)c(CCCC)c1C. The summed E-state index contributed by atoms with van der Waals surface area (Å²) in [6.45, 7) is 18.0. The lowest BCUT2D eigenvalue weighted by Crippen LogP contribution is -1.93. The Morgan fingerprint density at radius 3 is 1.19 bits per heavy atom. The second-order valence-corrected chi connectivity index (χ2v) is 17.1. The Balaban J connectivity index is 1.81. The number of aryl methyl sites for hydroxylation is 4. The van der Waals surface area contributed by atoms with E-state index in [4.69, 9.17) is 33.2 Å². The quantitative estimate of drug-likeness (QED) is 0.117. The van der Waals surface area contributed by atoms with Gasteiger partial charge in [0.1, 0.15) is 0 Å². The van der Waals surface area contributed by atoms with Gasteiger partial charge in [-0.2, -0.15) is 0 Å². The van der Waals surface area contributed by atoms with Crippen LogP contribution >= 0.6 is 23.2 Å². The second kappa shape index (κ2) is 18.3. The van der Waals surface area contributed by atoms with Gasteiger partial charge in [0.25, 0.3) is 0 Å². The summed E-state index contributed by atoms with van der Waals surface area (Å²) in [5.41, 5.74) is 21.8. The average molecular weight is 812 g/mol. The van der Waals surface area contributed by atoms with Crippen LogP contribution in [0.3, 0.4) is 0 Å². The van der Waals surface area contributed by atoms with Crippen LogP contribution in [0.5, 0.6) is 0 Å². The summed E-state index contributed by atoms with van der Waals surface area (Å²) in [6, 6.07) is 21.5. The number of hydrogen-bond donors (Lipinski definition) is 2. The van der Waals surface area contributed by atoms with Gasteiger partial charge in [-0.15, -0.1) is 0 Å². The number of H-pyrrole nitrogens is 2. The van der Waals surface area contributed by atoms with Crippen LogP contribution in [0, 0.1) is 13.8 Å². The smallest absolute Gasteiger partial charge is 0.0903 e. The summed E-state index contributed by atoms with van der Waals surface area (Å²) in [5.74, 6) is 0. The van der Waals surface area contributed by atoms with Crippen LogP contribution in [-0.4, -0.2) is 19.9 Å². The second-order valence-electron chi connectivity index (χ2n) is 16.3. The van der Waals surface area contributed by atoms with E-state index in [-0.39, 0.29) is 0 Å². The van der Waals surface area contributed by atoms with Crippen molar-refractivity contribution in [2.75, 3.05) is 0 Å². The maximum atomic E-state index is 7.86. The van der Waals surface area contributed by atoms with E-state index in [0.717, 1.165) is 144 Å². The van der Waals surface area contributed by atoms with E-state index in [2.05, 4.69) is 126 Å². The summed E-state index contributed by atoms with van der Waals surface area (Å²) in [5, 5.41) is 1.38. The highest BCUT2D eigenvalue weighted by molar-refractivity contribution is 6.37. The van der Waals surface area contributed by atoms with Gasteiger partial charge in [-0.3, -0.25) is 0 Å². The highest BCUT2D eigenvalue weighted by Crippen LogP contribution is 2.48. The first-order valence-electron chi connectivity index (χ1n) is 21.8. The standard InChI is InChI=1S/C52H60Cl2N4/c1-9-13-27-37-31(5)45-41(35-23-19-17-20-24-35)46-33(7)39(29-15-11-3)51(57-46)44(54)52-40(30-16-12-4)34(8)48(58-52)42(36-25-21-18-22-26-36)47-32(6)38(28-14-10-2)50(56-47)43(53)49(37)55-45/h17-26,55,57H,9-16,27-30H2,1-8H3. The van der Waals surface area contributed by atoms with Crippen LogP contribution in [0.1, 0.15) is 151 Å². The molecule has 7 rings (SSSR count). The average Bonchev–Trinajstić information content (AvgIpc) is 3.95. The molecule has 2 aliphatic rings. The number of allylic oxidation sites excluding steroid dienone is 4. The molecule has 2 N–H and O–H groups in total. The molecule has 0 aliphatic carbocycles. The van der Waals surface area contributed by atoms with Gasteiger partial charge in [0, 0.05) is 11.1 Å². The van der Waals surface area contributed by atoms with Gasteiger partial charge >= 0.3 is 0 Å². The van der Waals surface area contributed by atoms with Gasteiger partial charge < -0.3 is 9.97 Å². The van der Waals surface area contributed by atoms with E-state index in [1.165, 1.54) is 44.5 Å². The molecule has 0 radical (unpaired) electrons. The van der Waals surface area contributed by atoms with Gasteiger partial charge in [-0.25, -0.2) is 9.97 Å². The van der Waals surface area contributed by atoms with E-state index >= 15 is 0 Å². The van der Waals surface area contributed by atoms with Crippen LogP contribution < -0.4 is 0 Å². The highest BCUT2D eigenvalue weighted by Gasteiger charge is 2.30. The topological polar surface area (TPSA) is 57.4 Å². The minimum Gasteiger partial charge on any atom is -0.353 e. The fourth-order valence-electron chi connectivity index (χ4n) is 9.05. The van der Waals surface area contributed by atoms with Crippen molar-refractivity contribution >= 4 is 67.6 Å². The van der Waals surface area contributed by atoms with Crippen molar-refractivity contribution in [3.63, 3.8) is 0 Å². The maximum absolute atomic E-state index is 7.86. The molecule has 0 spiro atoms. The van der Waals surface area contributed by atoms with Crippen LogP contribution in [0.25, 0.3) is 66.6 Å². The Bertz CT molecular complexity index is 2420. The lowest BCUT2D eigenvalue weighted by molar-refractivity contribution is 0.796. The third-order valence-electron chi connectivity index (χ3n) is 12.5. The third-order valence-corrected chi connectivity index (χ3v) is 13.2. The molecule has 0 saturated heterocycles. The van der Waals surface area contributed by atoms with Crippen molar-refractivity contribution in [2.24, 2.45) is 0 Å². The van der Waals surface area contributed by atoms with Gasteiger partial charge in [0.05, 0.1) is 54.9 Å². The van der Waals surface area contributed by atoms with E-state index in [0.29, 0.717) is 10.0 Å². The molecule has 0 saturated carbocycles. The number of hydrogen-bond acceptors (Lipinski definition) is 2. The Labute approximate surface area is 356 Å². The van der Waals surface area contributed by atoms with E-state index < -0.39 is 0 Å². The summed E-state index contributed by atoms with van der Waals surface area (Å²) >= 11 is 15.7. The fraction of sp³-hybridized carbons (Fsp3) is 0.385. The number of rotatable bonds is 14. The zero-order chi connectivity index (χ0) is 41.1. The normalized spacial score (nSPS) is 13.0. The number of nitrogens with one attached hydrogen (secondary N) is 2. The molecule has 0 fully saturated rings. The Morgan fingerprint density at radius 1 is 0.448 bits per heavy atom. The van der Waals surface area contributed by atoms with Crippen LogP contribution in [0.4, 0.5) is 0 Å². The minimum absolute atomic E-state index is 0.688. The molecule has 8 bridgehead atoms.